The second-order valence-electron chi connectivity index (χ2n) is 15.3. The van der Waals surface area contributed by atoms with Gasteiger partial charge in [0, 0.05) is 22.9 Å². The first-order valence-corrected chi connectivity index (χ1v) is 21.8. The van der Waals surface area contributed by atoms with E-state index in [2.05, 4.69) is 63.5 Å². The van der Waals surface area contributed by atoms with Gasteiger partial charge in [-0.05, 0) is 67.6 Å². The van der Waals surface area contributed by atoms with E-state index >= 15 is 0 Å². The standard InChI is InChI=1S/C46H80N2O4/c1-6-10-14-18-20-24-28-43(26-22-16-12-8-3)51-36-47-40-32-39(38(5)45-35-42(49)30-31-46(45)50)33-41(34-40)48-37-52-44(27-23-17-13-9-4)29-25-21-19-15-11-7-2/h30-35,38,43-44,47-50H,6-29,36-37H2,1-5H3. The highest BCUT2D eigenvalue weighted by Crippen LogP contribution is 2.36. The second-order valence-corrected chi connectivity index (χ2v) is 15.3. The van der Waals surface area contributed by atoms with Crippen molar-refractivity contribution in [2.45, 2.75) is 207 Å². The van der Waals surface area contributed by atoms with E-state index in [1.165, 1.54) is 134 Å². The van der Waals surface area contributed by atoms with E-state index in [1.807, 2.05) is 0 Å². The van der Waals surface area contributed by atoms with Crippen molar-refractivity contribution < 1.29 is 19.7 Å². The van der Waals surface area contributed by atoms with Crippen molar-refractivity contribution in [2.75, 3.05) is 24.1 Å². The van der Waals surface area contributed by atoms with Crippen molar-refractivity contribution in [3.63, 3.8) is 0 Å². The summed E-state index contributed by atoms with van der Waals surface area (Å²) in [6.45, 7) is 12.1. The molecule has 2 aromatic carbocycles. The second kappa shape index (κ2) is 29.9. The molecule has 6 heteroatoms. The minimum Gasteiger partial charge on any atom is -0.508 e. The molecule has 0 aliphatic carbocycles. The maximum atomic E-state index is 10.7. The van der Waals surface area contributed by atoms with Gasteiger partial charge in [0.05, 0.1) is 12.2 Å². The van der Waals surface area contributed by atoms with E-state index in [0.717, 1.165) is 42.6 Å². The molecule has 4 N–H and O–H groups in total. The monoisotopic (exact) mass is 725 g/mol. The lowest BCUT2D eigenvalue weighted by Crippen LogP contribution is -2.19. The molecule has 3 unspecified atom stereocenters. The summed E-state index contributed by atoms with van der Waals surface area (Å²) in [5.74, 6) is 0.208. The number of hydrogen-bond acceptors (Lipinski definition) is 6. The van der Waals surface area contributed by atoms with Crippen molar-refractivity contribution in [3.8, 4) is 11.5 Å². The van der Waals surface area contributed by atoms with Crippen LogP contribution >= 0.6 is 0 Å². The molecule has 0 saturated heterocycles. The summed E-state index contributed by atoms with van der Waals surface area (Å²) < 4.78 is 13.0. The zero-order valence-electron chi connectivity index (χ0n) is 34.3. The van der Waals surface area contributed by atoms with Crippen molar-refractivity contribution >= 4 is 11.4 Å². The average molecular weight is 725 g/mol. The highest BCUT2D eigenvalue weighted by atomic mass is 16.5. The van der Waals surface area contributed by atoms with Gasteiger partial charge in [0.1, 0.15) is 25.0 Å². The number of aromatic hydroxyl groups is 2. The first kappa shape index (κ1) is 45.7. The number of ether oxygens (including phenoxy) is 2. The summed E-state index contributed by atoms with van der Waals surface area (Å²) >= 11 is 0. The summed E-state index contributed by atoms with van der Waals surface area (Å²) in [4.78, 5) is 0. The molecule has 0 radical (unpaired) electrons. The van der Waals surface area contributed by atoms with Crippen LogP contribution in [0.25, 0.3) is 0 Å². The van der Waals surface area contributed by atoms with Crippen LogP contribution in [0.3, 0.4) is 0 Å². The molecule has 0 aliphatic rings. The fourth-order valence-electron chi connectivity index (χ4n) is 7.18. The van der Waals surface area contributed by atoms with Gasteiger partial charge in [-0.15, -0.1) is 0 Å². The Morgan fingerprint density at radius 3 is 1.31 bits per heavy atom. The van der Waals surface area contributed by atoms with E-state index in [1.54, 1.807) is 12.1 Å². The number of hydrogen-bond donors (Lipinski definition) is 4. The molecule has 3 atom stereocenters. The maximum Gasteiger partial charge on any atom is 0.119 e. The fraction of sp³-hybridized carbons (Fsp3) is 0.739. The van der Waals surface area contributed by atoms with Crippen LogP contribution in [-0.4, -0.2) is 35.9 Å². The van der Waals surface area contributed by atoms with Gasteiger partial charge in [0.15, 0.2) is 0 Å². The zero-order valence-corrected chi connectivity index (χ0v) is 34.3. The fourth-order valence-corrected chi connectivity index (χ4v) is 7.18. The Labute approximate surface area is 320 Å². The summed E-state index contributed by atoms with van der Waals surface area (Å²) in [6.07, 6.45) is 30.7. The first-order valence-electron chi connectivity index (χ1n) is 21.8. The third-order valence-corrected chi connectivity index (χ3v) is 10.6. The van der Waals surface area contributed by atoms with E-state index in [-0.39, 0.29) is 29.6 Å². The van der Waals surface area contributed by atoms with Crippen LogP contribution in [0.2, 0.25) is 0 Å². The molecule has 0 aromatic heterocycles. The summed E-state index contributed by atoms with van der Waals surface area (Å²) in [6, 6.07) is 11.2. The Morgan fingerprint density at radius 1 is 0.500 bits per heavy atom. The molecule has 0 fully saturated rings. The van der Waals surface area contributed by atoms with Crippen molar-refractivity contribution in [1.29, 1.82) is 0 Å². The molecule has 2 rings (SSSR count). The molecule has 0 bridgehead atoms. The van der Waals surface area contributed by atoms with Crippen molar-refractivity contribution in [3.05, 3.63) is 47.5 Å². The number of anilines is 2. The lowest BCUT2D eigenvalue weighted by atomic mass is 9.91. The maximum absolute atomic E-state index is 10.7. The number of benzene rings is 2. The third-order valence-electron chi connectivity index (χ3n) is 10.6. The molecular weight excluding hydrogens is 645 g/mol. The number of phenolic OH excluding ortho intramolecular Hbond substituents is 2. The summed E-state index contributed by atoms with van der Waals surface area (Å²) in [7, 11) is 0. The molecular formula is C46H80N2O4. The third kappa shape index (κ3) is 20.7. The average Bonchev–Trinajstić information content (AvgIpc) is 3.14. The van der Waals surface area contributed by atoms with Gasteiger partial charge < -0.3 is 30.3 Å². The Balaban J connectivity index is 2.13. The smallest absolute Gasteiger partial charge is 0.119 e. The Bertz CT molecular complexity index is 1090. The van der Waals surface area contributed by atoms with E-state index in [0.29, 0.717) is 19.0 Å². The van der Waals surface area contributed by atoms with Gasteiger partial charge in [-0.25, -0.2) is 0 Å². The lowest BCUT2D eigenvalue weighted by Gasteiger charge is -2.22. The molecule has 0 aliphatic heterocycles. The van der Waals surface area contributed by atoms with Crippen LogP contribution < -0.4 is 10.6 Å². The number of phenols is 2. The topological polar surface area (TPSA) is 83.0 Å². The van der Waals surface area contributed by atoms with Crippen LogP contribution in [0.1, 0.15) is 206 Å². The minimum absolute atomic E-state index is 0.130. The van der Waals surface area contributed by atoms with Crippen molar-refractivity contribution in [2.24, 2.45) is 0 Å². The zero-order chi connectivity index (χ0) is 37.7. The molecule has 0 amide bonds. The van der Waals surface area contributed by atoms with E-state index < -0.39 is 0 Å². The molecule has 0 heterocycles. The minimum atomic E-state index is -0.130. The van der Waals surface area contributed by atoms with Gasteiger partial charge in [-0.2, -0.15) is 0 Å². The molecule has 0 saturated carbocycles. The van der Waals surface area contributed by atoms with Crippen LogP contribution in [0, 0.1) is 0 Å². The quantitative estimate of drug-likeness (QED) is 0.0327. The van der Waals surface area contributed by atoms with Crippen LogP contribution in [0.15, 0.2) is 36.4 Å². The van der Waals surface area contributed by atoms with Gasteiger partial charge >= 0.3 is 0 Å². The Morgan fingerprint density at radius 2 is 0.885 bits per heavy atom. The molecule has 2 aromatic rings. The van der Waals surface area contributed by atoms with Crippen molar-refractivity contribution in [1.82, 2.24) is 0 Å². The molecule has 0 spiro atoms. The number of nitrogens with one attached hydrogen (secondary N) is 2. The van der Waals surface area contributed by atoms with Crippen LogP contribution in [-0.2, 0) is 9.47 Å². The van der Waals surface area contributed by atoms with Gasteiger partial charge in [-0.1, -0.05) is 163 Å². The largest absolute Gasteiger partial charge is 0.508 e. The first-order chi connectivity index (χ1) is 25.4. The normalized spacial score (nSPS) is 13.2. The summed E-state index contributed by atoms with van der Waals surface area (Å²) in [5, 5.41) is 28.1. The van der Waals surface area contributed by atoms with Crippen LogP contribution in [0.5, 0.6) is 11.5 Å². The Hall–Kier alpha value is -2.44. The summed E-state index contributed by atoms with van der Waals surface area (Å²) in [5.41, 5.74) is 3.69. The van der Waals surface area contributed by atoms with E-state index in [9.17, 15) is 10.2 Å². The van der Waals surface area contributed by atoms with E-state index in [4.69, 9.17) is 9.47 Å². The number of unbranched alkanes of at least 4 members (excludes halogenated alkanes) is 16. The molecule has 6 nitrogen and oxygen atoms in total. The van der Waals surface area contributed by atoms with Crippen LogP contribution in [0.4, 0.5) is 11.4 Å². The predicted octanol–water partition coefficient (Wildman–Crippen LogP) is 14.2. The molecule has 298 valence electrons. The lowest BCUT2D eigenvalue weighted by molar-refractivity contribution is 0.0502. The highest BCUT2D eigenvalue weighted by molar-refractivity contribution is 5.61. The Kier molecular flexibility index (Phi) is 26.3. The number of rotatable bonds is 34. The van der Waals surface area contributed by atoms with Gasteiger partial charge in [0.25, 0.3) is 0 Å². The SMILES string of the molecule is CCCCCCCCC(CCCCCC)OCNc1cc(NCOC(CCCCCC)CCCCCCCC)cc(C(C)c2cc(O)ccc2O)c1. The predicted molar refractivity (Wildman–Crippen MR) is 224 cm³/mol. The highest BCUT2D eigenvalue weighted by Gasteiger charge is 2.17. The van der Waals surface area contributed by atoms with Gasteiger partial charge in [0.2, 0.25) is 0 Å². The van der Waals surface area contributed by atoms with Gasteiger partial charge in [-0.3, -0.25) is 0 Å². The molecule has 52 heavy (non-hydrogen) atoms.